The number of carboxylic acid groups (broad SMARTS) is 2. The minimum Gasteiger partial charge on any atom is -0.481 e. The van der Waals surface area contributed by atoms with Gasteiger partial charge >= 0.3 is 11.9 Å². The summed E-state index contributed by atoms with van der Waals surface area (Å²) in [6.07, 6.45) is 0.776. The summed E-state index contributed by atoms with van der Waals surface area (Å²) in [5, 5.41) is 27.5. The summed E-state index contributed by atoms with van der Waals surface area (Å²) in [6, 6.07) is -2.83. The van der Waals surface area contributed by atoms with Gasteiger partial charge in [0.1, 0.15) is 18.6 Å². The molecule has 27 heavy (non-hydrogen) atoms. The second-order valence-corrected chi connectivity index (χ2v) is 6.65. The van der Waals surface area contributed by atoms with E-state index in [0.29, 0.717) is 13.0 Å². The van der Waals surface area contributed by atoms with Gasteiger partial charge in [-0.15, -0.1) is 0 Å². The first-order valence-corrected chi connectivity index (χ1v) is 8.67. The standard InChI is InChI=1S/C16H26N4O7/c1-8(2)13(20-15(26)9-4-3-5-17-9)16(27)19-10(6-11(21)22)14(25)18-7-12(23)24/h8-10,13,17H,3-7H2,1-2H3,(H,18,25)(H,19,27)(H,20,26)(H,21,22)(H,23,24). The van der Waals surface area contributed by atoms with Crippen LogP contribution in [0.2, 0.25) is 0 Å². The summed E-state index contributed by atoms with van der Waals surface area (Å²) in [6.45, 7) is 3.40. The molecule has 0 aromatic rings. The lowest BCUT2D eigenvalue weighted by Gasteiger charge is -2.25. The van der Waals surface area contributed by atoms with E-state index in [0.717, 1.165) is 6.42 Å². The van der Waals surface area contributed by atoms with E-state index in [9.17, 15) is 24.0 Å². The fourth-order valence-corrected chi connectivity index (χ4v) is 2.63. The van der Waals surface area contributed by atoms with E-state index in [2.05, 4.69) is 16.0 Å². The van der Waals surface area contributed by atoms with Gasteiger partial charge in [0.15, 0.2) is 0 Å². The fourth-order valence-electron chi connectivity index (χ4n) is 2.63. The van der Waals surface area contributed by atoms with E-state index in [1.54, 1.807) is 13.8 Å². The highest BCUT2D eigenvalue weighted by atomic mass is 16.4. The normalized spacial score (nSPS) is 18.4. The van der Waals surface area contributed by atoms with Gasteiger partial charge in [-0.2, -0.15) is 0 Å². The van der Waals surface area contributed by atoms with Crippen molar-refractivity contribution in [3.63, 3.8) is 0 Å². The van der Waals surface area contributed by atoms with Crippen LogP contribution in [0.25, 0.3) is 0 Å². The van der Waals surface area contributed by atoms with Crippen molar-refractivity contribution in [2.75, 3.05) is 13.1 Å². The molecule has 1 saturated heterocycles. The maximum absolute atomic E-state index is 12.5. The molecule has 0 aromatic carbocycles. The van der Waals surface area contributed by atoms with Gasteiger partial charge in [0, 0.05) is 0 Å². The number of amides is 3. The van der Waals surface area contributed by atoms with Crippen LogP contribution >= 0.6 is 0 Å². The highest BCUT2D eigenvalue weighted by Gasteiger charge is 2.32. The number of aliphatic carboxylic acids is 2. The van der Waals surface area contributed by atoms with E-state index in [1.807, 2.05) is 5.32 Å². The second kappa shape index (κ2) is 10.5. The molecule has 1 fully saturated rings. The first kappa shape index (κ1) is 22.4. The van der Waals surface area contributed by atoms with Gasteiger partial charge in [0.05, 0.1) is 12.5 Å². The Morgan fingerprint density at radius 1 is 1.04 bits per heavy atom. The molecule has 11 heteroatoms. The second-order valence-electron chi connectivity index (χ2n) is 6.65. The molecule has 3 amide bonds. The minimum atomic E-state index is -1.46. The molecule has 1 aliphatic rings. The molecule has 3 atom stereocenters. The van der Waals surface area contributed by atoms with Crippen LogP contribution in [0.15, 0.2) is 0 Å². The van der Waals surface area contributed by atoms with Crippen LogP contribution in [0.5, 0.6) is 0 Å². The molecule has 0 spiro atoms. The molecule has 3 unspecified atom stereocenters. The Hall–Kier alpha value is -2.69. The minimum absolute atomic E-state index is 0.317. The zero-order valence-electron chi connectivity index (χ0n) is 15.3. The number of hydrogen-bond donors (Lipinski definition) is 6. The Labute approximate surface area is 156 Å². The van der Waals surface area contributed by atoms with E-state index in [1.165, 1.54) is 0 Å². The summed E-state index contributed by atoms with van der Waals surface area (Å²) in [5.74, 6) is -4.95. The van der Waals surface area contributed by atoms with Crippen LogP contribution in [0, 0.1) is 5.92 Å². The fraction of sp³-hybridized carbons (Fsp3) is 0.688. The molecule has 0 aromatic heterocycles. The highest BCUT2D eigenvalue weighted by molar-refractivity contribution is 5.95. The van der Waals surface area contributed by atoms with Crippen molar-refractivity contribution in [1.82, 2.24) is 21.3 Å². The SMILES string of the molecule is CC(C)C(NC(=O)C1CCCN1)C(=O)NC(CC(=O)O)C(=O)NCC(=O)O. The lowest BCUT2D eigenvalue weighted by atomic mass is 10.0. The van der Waals surface area contributed by atoms with Gasteiger partial charge < -0.3 is 31.5 Å². The lowest BCUT2D eigenvalue weighted by Crippen LogP contribution is -2.57. The number of rotatable bonds is 10. The average Bonchev–Trinajstić information content (AvgIpc) is 3.10. The molecule has 0 aliphatic carbocycles. The van der Waals surface area contributed by atoms with E-state index < -0.39 is 54.8 Å². The Balaban J connectivity index is 2.78. The first-order valence-electron chi connectivity index (χ1n) is 8.67. The van der Waals surface area contributed by atoms with Crippen LogP contribution < -0.4 is 21.3 Å². The molecule has 6 N–H and O–H groups in total. The third kappa shape index (κ3) is 7.60. The smallest absolute Gasteiger partial charge is 0.322 e. The molecular weight excluding hydrogens is 360 g/mol. The van der Waals surface area contributed by atoms with Crippen molar-refractivity contribution in [1.29, 1.82) is 0 Å². The van der Waals surface area contributed by atoms with Crippen molar-refractivity contribution in [2.24, 2.45) is 5.92 Å². The van der Waals surface area contributed by atoms with E-state index >= 15 is 0 Å². The summed E-state index contributed by atoms with van der Waals surface area (Å²) < 4.78 is 0. The van der Waals surface area contributed by atoms with Crippen molar-refractivity contribution in [2.45, 2.75) is 51.2 Å². The Kier molecular flexibility index (Phi) is 8.66. The zero-order valence-corrected chi connectivity index (χ0v) is 15.3. The highest BCUT2D eigenvalue weighted by Crippen LogP contribution is 2.08. The van der Waals surface area contributed by atoms with Crippen LogP contribution in [0.4, 0.5) is 0 Å². The average molecular weight is 386 g/mol. The molecular formula is C16H26N4O7. The topological polar surface area (TPSA) is 174 Å². The number of carbonyl (C=O) groups is 5. The largest absolute Gasteiger partial charge is 0.481 e. The number of carboxylic acids is 2. The monoisotopic (exact) mass is 386 g/mol. The van der Waals surface area contributed by atoms with Gasteiger partial charge in [-0.1, -0.05) is 13.8 Å². The Morgan fingerprint density at radius 3 is 2.19 bits per heavy atom. The van der Waals surface area contributed by atoms with Crippen LogP contribution in [-0.4, -0.2) is 71.1 Å². The summed E-state index contributed by atoms with van der Waals surface area (Å²) in [7, 11) is 0. The van der Waals surface area contributed by atoms with Gasteiger partial charge in [-0.3, -0.25) is 24.0 Å². The first-order chi connectivity index (χ1) is 12.6. The number of nitrogens with one attached hydrogen (secondary N) is 4. The Morgan fingerprint density at radius 2 is 1.70 bits per heavy atom. The molecule has 1 aliphatic heterocycles. The molecule has 0 bridgehead atoms. The molecule has 1 rings (SSSR count). The maximum atomic E-state index is 12.5. The van der Waals surface area contributed by atoms with Gasteiger partial charge in [0.25, 0.3) is 0 Å². The predicted molar refractivity (Wildman–Crippen MR) is 92.6 cm³/mol. The van der Waals surface area contributed by atoms with Crippen LogP contribution in [-0.2, 0) is 24.0 Å². The van der Waals surface area contributed by atoms with Gasteiger partial charge in [0.2, 0.25) is 17.7 Å². The van der Waals surface area contributed by atoms with Crippen LogP contribution in [0.3, 0.4) is 0 Å². The van der Waals surface area contributed by atoms with E-state index in [-0.39, 0.29) is 11.8 Å². The van der Waals surface area contributed by atoms with Gasteiger partial charge in [-0.25, -0.2) is 0 Å². The summed E-state index contributed by atoms with van der Waals surface area (Å²) in [5.41, 5.74) is 0. The number of carbonyl (C=O) groups excluding carboxylic acids is 3. The maximum Gasteiger partial charge on any atom is 0.322 e. The molecule has 11 nitrogen and oxygen atoms in total. The number of hydrogen-bond acceptors (Lipinski definition) is 6. The van der Waals surface area contributed by atoms with E-state index in [4.69, 9.17) is 10.2 Å². The zero-order chi connectivity index (χ0) is 20.6. The van der Waals surface area contributed by atoms with Crippen LogP contribution in [0.1, 0.15) is 33.1 Å². The van der Waals surface area contributed by atoms with Crippen molar-refractivity contribution < 1.29 is 34.2 Å². The Bertz CT molecular complexity index is 587. The van der Waals surface area contributed by atoms with Crippen molar-refractivity contribution >= 4 is 29.7 Å². The third-order valence-electron chi connectivity index (χ3n) is 4.05. The van der Waals surface area contributed by atoms with Crippen molar-refractivity contribution in [3.8, 4) is 0 Å². The quantitative estimate of drug-likeness (QED) is 0.251. The molecule has 1 heterocycles. The predicted octanol–water partition coefficient (Wildman–Crippen LogP) is -1.96. The summed E-state index contributed by atoms with van der Waals surface area (Å²) in [4.78, 5) is 58.3. The third-order valence-corrected chi connectivity index (χ3v) is 4.05. The molecule has 0 radical (unpaired) electrons. The molecule has 0 saturated carbocycles. The molecule has 152 valence electrons. The van der Waals surface area contributed by atoms with Crippen molar-refractivity contribution in [3.05, 3.63) is 0 Å². The lowest BCUT2D eigenvalue weighted by molar-refractivity contribution is -0.142. The van der Waals surface area contributed by atoms with Gasteiger partial charge in [-0.05, 0) is 25.3 Å². The summed E-state index contributed by atoms with van der Waals surface area (Å²) >= 11 is 0.